The summed E-state index contributed by atoms with van der Waals surface area (Å²) in [6, 6.07) is 5.63. The monoisotopic (exact) mass is 226 g/mol. The zero-order valence-corrected chi connectivity index (χ0v) is 10.4. The van der Waals surface area contributed by atoms with Crippen LogP contribution in [-0.2, 0) is 0 Å². The number of halogens is 1. The van der Waals surface area contributed by atoms with Gasteiger partial charge < -0.3 is 10.6 Å². The molecule has 0 bridgehead atoms. The van der Waals surface area contributed by atoms with Crippen LogP contribution >= 0.6 is 11.6 Å². The van der Waals surface area contributed by atoms with E-state index in [1.165, 1.54) is 0 Å². The SMILES string of the molecule is CC(C)CCN(C)c1c(N)cccc1Cl. The van der Waals surface area contributed by atoms with Gasteiger partial charge in [-0.25, -0.2) is 0 Å². The second-order valence-electron chi connectivity index (χ2n) is 4.28. The average Bonchev–Trinajstić information content (AvgIpc) is 2.14. The van der Waals surface area contributed by atoms with Gasteiger partial charge in [0, 0.05) is 13.6 Å². The molecule has 0 spiro atoms. The summed E-state index contributed by atoms with van der Waals surface area (Å²) in [6.45, 7) is 5.40. The molecule has 1 rings (SSSR count). The normalized spacial score (nSPS) is 10.7. The van der Waals surface area contributed by atoms with Crippen LogP contribution in [0.15, 0.2) is 18.2 Å². The van der Waals surface area contributed by atoms with Crippen molar-refractivity contribution in [3.05, 3.63) is 23.2 Å². The molecule has 84 valence electrons. The van der Waals surface area contributed by atoms with Crippen molar-refractivity contribution < 1.29 is 0 Å². The highest BCUT2D eigenvalue weighted by atomic mass is 35.5. The van der Waals surface area contributed by atoms with Gasteiger partial charge in [0.1, 0.15) is 0 Å². The number of rotatable bonds is 4. The van der Waals surface area contributed by atoms with Crippen LogP contribution in [-0.4, -0.2) is 13.6 Å². The van der Waals surface area contributed by atoms with Crippen LogP contribution < -0.4 is 10.6 Å². The molecule has 0 fully saturated rings. The highest BCUT2D eigenvalue weighted by molar-refractivity contribution is 6.33. The van der Waals surface area contributed by atoms with Gasteiger partial charge >= 0.3 is 0 Å². The van der Waals surface area contributed by atoms with Gasteiger partial charge in [-0.05, 0) is 24.5 Å². The van der Waals surface area contributed by atoms with Gasteiger partial charge in [-0.2, -0.15) is 0 Å². The van der Waals surface area contributed by atoms with Crippen LogP contribution in [0.3, 0.4) is 0 Å². The molecular weight excluding hydrogens is 208 g/mol. The van der Waals surface area contributed by atoms with E-state index in [4.69, 9.17) is 17.3 Å². The Morgan fingerprint density at radius 1 is 1.40 bits per heavy atom. The van der Waals surface area contributed by atoms with Gasteiger partial charge in [-0.1, -0.05) is 31.5 Å². The number of nitrogen functional groups attached to an aromatic ring is 1. The molecule has 0 unspecified atom stereocenters. The molecule has 0 aromatic heterocycles. The predicted octanol–water partition coefficient (Wildman–Crippen LogP) is 3.40. The van der Waals surface area contributed by atoms with Gasteiger partial charge in [0.15, 0.2) is 0 Å². The summed E-state index contributed by atoms with van der Waals surface area (Å²) in [6.07, 6.45) is 1.14. The average molecular weight is 227 g/mol. The van der Waals surface area contributed by atoms with Crippen molar-refractivity contribution >= 4 is 23.0 Å². The molecule has 0 amide bonds. The van der Waals surface area contributed by atoms with E-state index >= 15 is 0 Å². The highest BCUT2D eigenvalue weighted by Crippen LogP contribution is 2.31. The first-order chi connectivity index (χ1) is 7.02. The second-order valence-corrected chi connectivity index (χ2v) is 4.69. The lowest BCUT2D eigenvalue weighted by Gasteiger charge is -2.23. The minimum Gasteiger partial charge on any atom is -0.397 e. The van der Waals surface area contributed by atoms with Gasteiger partial charge in [0.05, 0.1) is 16.4 Å². The van der Waals surface area contributed by atoms with Gasteiger partial charge in [0.25, 0.3) is 0 Å². The molecule has 0 aliphatic carbocycles. The molecule has 3 heteroatoms. The molecule has 1 aromatic carbocycles. The summed E-state index contributed by atoms with van der Waals surface area (Å²) in [7, 11) is 2.03. The molecule has 2 N–H and O–H groups in total. The Bertz CT molecular complexity index is 303. The van der Waals surface area contributed by atoms with Crippen LogP contribution in [0.5, 0.6) is 0 Å². The minimum absolute atomic E-state index is 0.691. The fourth-order valence-electron chi connectivity index (χ4n) is 1.50. The Hall–Kier alpha value is -0.890. The van der Waals surface area contributed by atoms with Crippen molar-refractivity contribution in [1.82, 2.24) is 0 Å². The fraction of sp³-hybridized carbons (Fsp3) is 0.500. The van der Waals surface area contributed by atoms with Gasteiger partial charge in [-0.3, -0.25) is 0 Å². The van der Waals surface area contributed by atoms with Crippen LogP contribution in [0, 0.1) is 5.92 Å². The lowest BCUT2D eigenvalue weighted by Crippen LogP contribution is -2.21. The molecule has 0 atom stereocenters. The van der Waals surface area contributed by atoms with E-state index in [1.807, 2.05) is 25.2 Å². The summed E-state index contributed by atoms with van der Waals surface area (Å²) in [5, 5.41) is 0.723. The Morgan fingerprint density at radius 2 is 2.07 bits per heavy atom. The maximum Gasteiger partial charge on any atom is 0.0786 e. The molecule has 1 aromatic rings. The molecule has 0 heterocycles. The number of hydrogen-bond acceptors (Lipinski definition) is 2. The van der Waals surface area contributed by atoms with Crippen LogP contribution in [0.1, 0.15) is 20.3 Å². The van der Waals surface area contributed by atoms with E-state index < -0.39 is 0 Å². The number of hydrogen-bond donors (Lipinski definition) is 1. The van der Waals surface area contributed by atoms with Crippen LogP contribution in [0.4, 0.5) is 11.4 Å². The first-order valence-electron chi connectivity index (χ1n) is 5.27. The third kappa shape index (κ3) is 3.31. The molecular formula is C12H19ClN2. The zero-order chi connectivity index (χ0) is 11.4. The van der Waals surface area contributed by atoms with Crippen LogP contribution in [0.25, 0.3) is 0 Å². The van der Waals surface area contributed by atoms with E-state index in [0.717, 1.165) is 29.4 Å². The van der Waals surface area contributed by atoms with Crippen molar-refractivity contribution in [3.63, 3.8) is 0 Å². The first kappa shape index (κ1) is 12.2. The molecule has 0 aliphatic rings. The van der Waals surface area contributed by atoms with Crippen molar-refractivity contribution in [3.8, 4) is 0 Å². The second kappa shape index (κ2) is 5.26. The van der Waals surface area contributed by atoms with E-state index in [2.05, 4.69) is 18.7 Å². The van der Waals surface area contributed by atoms with Crippen molar-refractivity contribution in [1.29, 1.82) is 0 Å². The zero-order valence-electron chi connectivity index (χ0n) is 9.63. The highest BCUT2D eigenvalue weighted by Gasteiger charge is 2.09. The number of benzene rings is 1. The largest absolute Gasteiger partial charge is 0.397 e. The Balaban J connectivity index is 2.77. The third-order valence-electron chi connectivity index (χ3n) is 2.44. The Labute approximate surface area is 97.0 Å². The van der Waals surface area contributed by atoms with Gasteiger partial charge in [0.2, 0.25) is 0 Å². The van der Waals surface area contributed by atoms with Crippen LogP contribution in [0.2, 0.25) is 5.02 Å². The molecule has 0 saturated carbocycles. The Morgan fingerprint density at radius 3 is 2.60 bits per heavy atom. The van der Waals surface area contributed by atoms with Crippen molar-refractivity contribution in [2.24, 2.45) is 5.92 Å². The number of para-hydroxylation sites is 1. The summed E-state index contributed by atoms with van der Waals surface area (Å²) in [5.74, 6) is 0.691. The lowest BCUT2D eigenvalue weighted by atomic mass is 10.1. The standard InChI is InChI=1S/C12H19ClN2/c1-9(2)7-8-15(3)12-10(13)5-4-6-11(12)14/h4-6,9H,7-8,14H2,1-3H3. The van der Waals surface area contributed by atoms with Crippen molar-refractivity contribution in [2.45, 2.75) is 20.3 Å². The topological polar surface area (TPSA) is 29.3 Å². The molecule has 15 heavy (non-hydrogen) atoms. The summed E-state index contributed by atoms with van der Waals surface area (Å²) in [5.41, 5.74) is 7.59. The van der Waals surface area contributed by atoms with Gasteiger partial charge in [-0.15, -0.1) is 0 Å². The maximum atomic E-state index is 6.12. The summed E-state index contributed by atoms with van der Waals surface area (Å²) >= 11 is 6.12. The third-order valence-corrected chi connectivity index (χ3v) is 2.75. The van der Waals surface area contributed by atoms with E-state index in [1.54, 1.807) is 0 Å². The lowest BCUT2D eigenvalue weighted by molar-refractivity contribution is 0.585. The Kier molecular flexibility index (Phi) is 4.28. The molecule has 2 nitrogen and oxygen atoms in total. The number of nitrogens with two attached hydrogens (primary N) is 1. The quantitative estimate of drug-likeness (QED) is 0.798. The van der Waals surface area contributed by atoms with Crippen molar-refractivity contribution in [2.75, 3.05) is 24.2 Å². The summed E-state index contributed by atoms with van der Waals surface area (Å²) in [4.78, 5) is 2.12. The predicted molar refractivity (Wildman–Crippen MR) is 68.6 cm³/mol. The fourth-order valence-corrected chi connectivity index (χ4v) is 1.82. The maximum absolute atomic E-state index is 6.12. The first-order valence-corrected chi connectivity index (χ1v) is 5.65. The van der Waals surface area contributed by atoms with E-state index in [-0.39, 0.29) is 0 Å². The number of anilines is 2. The van der Waals surface area contributed by atoms with E-state index in [9.17, 15) is 0 Å². The number of nitrogens with zero attached hydrogens (tertiary/aromatic N) is 1. The molecule has 0 saturated heterocycles. The minimum atomic E-state index is 0.691. The molecule has 0 aliphatic heterocycles. The van der Waals surface area contributed by atoms with E-state index in [0.29, 0.717) is 5.92 Å². The smallest absolute Gasteiger partial charge is 0.0786 e. The molecule has 0 radical (unpaired) electrons. The summed E-state index contributed by atoms with van der Waals surface area (Å²) < 4.78 is 0.